The first-order valence-electron chi connectivity index (χ1n) is 7.87. The SMILES string of the molecule is CNc1nc(-c2cnccn2)nc2cc(-c3cccc(F)c3Cl)ccc12. The van der Waals surface area contributed by atoms with Crippen molar-refractivity contribution in [3.63, 3.8) is 0 Å². The number of hydrogen-bond acceptors (Lipinski definition) is 5. The number of nitrogens with one attached hydrogen (secondary N) is 1. The predicted octanol–water partition coefficient (Wildman–Crippen LogP) is 4.59. The lowest BCUT2D eigenvalue weighted by Gasteiger charge is -2.10. The van der Waals surface area contributed by atoms with Gasteiger partial charge >= 0.3 is 0 Å². The molecule has 0 aliphatic carbocycles. The maximum atomic E-state index is 13.8. The number of fused-ring (bicyclic) bond motifs is 1. The Morgan fingerprint density at radius 1 is 1.08 bits per heavy atom. The first kappa shape index (κ1) is 16.4. The van der Waals surface area contributed by atoms with E-state index in [1.54, 1.807) is 37.8 Å². The third kappa shape index (κ3) is 2.84. The molecule has 0 spiro atoms. The molecule has 0 saturated heterocycles. The van der Waals surface area contributed by atoms with Crippen LogP contribution >= 0.6 is 11.6 Å². The first-order chi connectivity index (χ1) is 12.7. The Balaban J connectivity index is 1.93. The van der Waals surface area contributed by atoms with Gasteiger partial charge in [0, 0.05) is 30.4 Å². The molecule has 0 amide bonds. The van der Waals surface area contributed by atoms with Crippen molar-refractivity contribution < 1.29 is 4.39 Å². The second-order valence-corrected chi connectivity index (χ2v) is 5.95. The number of benzene rings is 2. The van der Waals surface area contributed by atoms with Gasteiger partial charge in [0.25, 0.3) is 0 Å². The van der Waals surface area contributed by atoms with E-state index in [0.717, 1.165) is 10.9 Å². The molecule has 2 aromatic carbocycles. The van der Waals surface area contributed by atoms with E-state index in [1.807, 2.05) is 18.2 Å². The van der Waals surface area contributed by atoms with Crippen LogP contribution in [0.25, 0.3) is 33.5 Å². The fourth-order valence-electron chi connectivity index (χ4n) is 2.74. The van der Waals surface area contributed by atoms with Crippen molar-refractivity contribution in [2.24, 2.45) is 0 Å². The number of aromatic nitrogens is 4. The molecule has 0 aliphatic rings. The van der Waals surface area contributed by atoms with Gasteiger partial charge < -0.3 is 5.32 Å². The molecular weight excluding hydrogens is 353 g/mol. The summed E-state index contributed by atoms with van der Waals surface area (Å²) >= 11 is 6.13. The molecule has 1 N–H and O–H groups in total. The molecule has 4 rings (SSSR count). The minimum atomic E-state index is -0.455. The van der Waals surface area contributed by atoms with E-state index in [-0.39, 0.29) is 5.02 Å². The van der Waals surface area contributed by atoms with Gasteiger partial charge in [-0.2, -0.15) is 0 Å². The lowest BCUT2D eigenvalue weighted by molar-refractivity contribution is 0.629. The van der Waals surface area contributed by atoms with E-state index in [0.29, 0.717) is 28.4 Å². The van der Waals surface area contributed by atoms with Crippen molar-refractivity contribution in [2.45, 2.75) is 0 Å². The minimum Gasteiger partial charge on any atom is -0.373 e. The van der Waals surface area contributed by atoms with E-state index in [4.69, 9.17) is 11.6 Å². The molecule has 0 bridgehead atoms. The summed E-state index contributed by atoms with van der Waals surface area (Å²) in [5.74, 6) is 0.674. The summed E-state index contributed by atoms with van der Waals surface area (Å²) in [5.41, 5.74) is 2.65. The average Bonchev–Trinajstić information content (AvgIpc) is 2.69. The second-order valence-electron chi connectivity index (χ2n) is 5.57. The number of rotatable bonds is 3. The van der Waals surface area contributed by atoms with Crippen LogP contribution in [-0.4, -0.2) is 27.0 Å². The van der Waals surface area contributed by atoms with Crippen molar-refractivity contribution in [3.8, 4) is 22.6 Å². The average molecular weight is 366 g/mol. The Kier molecular flexibility index (Phi) is 4.18. The van der Waals surface area contributed by atoms with Gasteiger partial charge in [-0.15, -0.1) is 0 Å². The topological polar surface area (TPSA) is 63.6 Å². The van der Waals surface area contributed by atoms with Gasteiger partial charge in [0.1, 0.15) is 17.3 Å². The number of hydrogen-bond donors (Lipinski definition) is 1. The molecule has 7 heteroatoms. The van der Waals surface area contributed by atoms with Crippen molar-refractivity contribution in [2.75, 3.05) is 12.4 Å². The summed E-state index contributed by atoms with van der Waals surface area (Å²) in [7, 11) is 1.79. The molecule has 5 nitrogen and oxygen atoms in total. The Labute approximate surface area is 153 Å². The van der Waals surface area contributed by atoms with E-state index < -0.39 is 5.82 Å². The molecule has 0 fully saturated rings. The third-order valence-corrected chi connectivity index (χ3v) is 4.37. The summed E-state index contributed by atoms with van der Waals surface area (Å²) in [5, 5.41) is 4.01. The van der Waals surface area contributed by atoms with Gasteiger partial charge in [-0.1, -0.05) is 29.8 Å². The first-order valence-corrected chi connectivity index (χ1v) is 8.25. The van der Waals surface area contributed by atoms with Crippen LogP contribution in [0.4, 0.5) is 10.2 Å². The van der Waals surface area contributed by atoms with Crippen molar-refractivity contribution in [1.82, 2.24) is 19.9 Å². The zero-order valence-electron chi connectivity index (χ0n) is 13.7. The van der Waals surface area contributed by atoms with Gasteiger partial charge in [-0.3, -0.25) is 4.98 Å². The Bertz CT molecular complexity index is 1100. The molecule has 0 radical (unpaired) electrons. The fraction of sp³-hybridized carbons (Fsp3) is 0.0526. The summed E-state index contributed by atoms with van der Waals surface area (Å²) in [4.78, 5) is 17.4. The number of halogens is 2. The molecule has 128 valence electrons. The zero-order chi connectivity index (χ0) is 18.1. The molecule has 0 aliphatic heterocycles. The van der Waals surface area contributed by atoms with E-state index in [1.165, 1.54) is 6.07 Å². The zero-order valence-corrected chi connectivity index (χ0v) is 14.5. The van der Waals surface area contributed by atoms with E-state index in [2.05, 4.69) is 25.3 Å². The van der Waals surface area contributed by atoms with Crippen LogP contribution in [0.1, 0.15) is 0 Å². The highest BCUT2D eigenvalue weighted by atomic mass is 35.5. The standard InChI is InChI=1S/C19H13ClFN5/c1-22-18-13-6-5-11(12-3-2-4-14(21)17(12)20)9-15(13)25-19(26-18)16-10-23-7-8-24-16/h2-10H,1H3,(H,22,25,26). The van der Waals surface area contributed by atoms with Crippen LogP contribution in [0.2, 0.25) is 5.02 Å². The van der Waals surface area contributed by atoms with Crippen LogP contribution in [0.3, 0.4) is 0 Å². The number of nitrogens with zero attached hydrogens (tertiary/aromatic N) is 4. The van der Waals surface area contributed by atoms with Gasteiger partial charge in [0.2, 0.25) is 0 Å². The maximum Gasteiger partial charge on any atom is 0.182 e. The molecule has 2 aromatic heterocycles. The highest BCUT2D eigenvalue weighted by Gasteiger charge is 2.13. The van der Waals surface area contributed by atoms with Crippen LogP contribution in [0, 0.1) is 5.82 Å². The van der Waals surface area contributed by atoms with Gasteiger partial charge in [0.15, 0.2) is 5.82 Å². The Morgan fingerprint density at radius 3 is 2.73 bits per heavy atom. The van der Waals surface area contributed by atoms with E-state index in [9.17, 15) is 4.39 Å². The van der Waals surface area contributed by atoms with Crippen LogP contribution in [-0.2, 0) is 0 Å². The van der Waals surface area contributed by atoms with E-state index >= 15 is 0 Å². The van der Waals surface area contributed by atoms with Gasteiger partial charge in [-0.25, -0.2) is 19.3 Å². The lowest BCUT2D eigenvalue weighted by atomic mass is 10.0. The monoisotopic (exact) mass is 365 g/mol. The molecule has 0 unspecified atom stereocenters. The lowest BCUT2D eigenvalue weighted by Crippen LogP contribution is -2.00. The summed E-state index contributed by atoms with van der Waals surface area (Å²) in [6.07, 6.45) is 4.78. The van der Waals surface area contributed by atoms with Crippen molar-refractivity contribution >= 4 is 28.3 Å². The summed E-state index contributed by atoms with van der Waals surface area (Å²) in [6.45, 7) is 0. The van der Waals surface area contributed by atoms with Gasteiger partial charge in [-0.05, 0) is 23.8 Å². The maximum absolute atomic E-state index is 13.8. The summed E-state index contributed by atoms with van der Waals surface area (Å²) < 4.78 is 13.8. The van der Waals surface area contributed by atoms with Crippen LogP contribution in [0.5, 0.6) is 0 Å². The quantitative estimate of drug-likeness (QED) is 0.575. The molecule has 0 saturated carbocycles. The molecular formula is C19H13ClFN5. The van der Waals surface area contributed by atoms with Crippen LogP contribution < -0.4 is 5.32 Å². The fourth-order valence-corrected chi connectivity index (χ4v) is 2.98. The number of anilines is 1. The minimum absolute atomic E-state index is 0.0869. The highest BCUT2D eigenvalue weighted by Crippen LogP contribution is 2.33. The van der Waals surface area contributed by atoms with Crippen molar-refractivity contribution in [3.05, 3.63) is 65.8 Å². The van der Waals surface area contributed by atoms with Crippen molar-refractivity contribution in [1.29, 1.82) is 0 Å². The van der Waals surface area contributed by atoms with Crippen LogP contribution in [0.15, 0.2) is 55.0 Å². The highest BCUT2D eigenvalue weighted by molar-refractivity contribution is 6.33. The Morgan fingerprint density at radius 2 is 1.96 bits per heavy atom. The smallest absolute Gasteiger partial charge is 0.182 e. The predicted molar refractivity (Wildman–Crippen MR) is 101 cm³/mol. The molecule has 26 heavy (non-hydrogen) atoms. The third-order valence-electron chi connectivity index (χ3n) is 3.99. The molecule has 2 heterocycles. The second kappa shape index (κ2) is 6.65. The largest absolute Gasteiger partial charge is 0.373 e. The Hall–Kier alpha value is -3.12. The van der Waals surface area contributed by atoms with Gasteiger partial charge in [0.05, 0.1) is 16.7 Å². The summed E-state index contributed by atoms with van der Waals surface area (Å²) in [6, 6.07) is 10.4. The molecule has 4 aromatic rings. The normalized spacial score (nSPS) is 10.9. The molecule has 0 atom stereocenters.